The van der Waals surface area contributed by atoms with Crippen LogP contribution in [0.2, 0.25) is 0 Å². The number of carbonyl (C=O) groups is 2. The fourth-order valence-electron chi connectivity index (χ4n) is 2.06. The third-order valence-electron chi connectivity index (χ3n) is 3.25. The monoisotopic (exact) mass is 341 g/mol. The van der Waals surface area contributed by atoms with Gasteiger partial charge in [-0.2, -0.15) is 9.61 Å². The maximum absolute atomic E-state index is 12.3. The van der Waals surface area contributed by atoms with Crippen LogP contribution in [0.5, 0.6) is 0 Å². The van der Waals surface area contributed by atoms with Crippen molar-refractivity contribution < 1.29 is 14.3 Å². The summed E-state index contributed by atoms with van der Waals surface area (Å²) in [6, 6.07) is 3.97. The number of esters is 1. The number of nitrogens with one attached hydrogen (secondary N) is 1. The van der Waals surface area contributed by atoms with Crippen molar-refractivity contribution in [1.82, 2.24) is 35.1 Å². The van der Waals surface area contributed by atoms with E-state index in [1.807, 2.05) is 0 Å². The molecule has 3 heterocycles. The first-order chi connectivity index (χ1) is 12.1. The van der Waals surface area contributed by atoms with Crippen molar-refractivity contribution in [2.24, 2.45) is 0 Å². The number of hydrogen-bond donors (Lipinski definition) is 1. The van der Waals surface area contributed by atoms with Gasteiger partial charge in [0.15, 0.2) is 11.5 Å². The third-order valence-corrected chi connectivity index (χ3v) is 3.25. The van der Waals surface area contributed by atoms with Gasteiger partial charge >= 0.3 is 5.97 Å². The van der Waals surface area contributed by atoms with E-state index in [2.05, 4.69) is 30.6 Å². The van der Waals surface area contributed by atoms with Gasteiger partial charge in [-0.1, -0.05) is 0 Å². The number of nitrogens with zero attached hydrogens (tertiary/aromatic N) is 6. The number of fused-ring (bicyclic) bond motifs is 1. The first-order valence-corrected chi connectivity index (χ1v) is 7.57. The normalized spacial score (nSPS) is 11.9. The Morgan fingerprint density at radius 2 is 2.00 bits per heavy atom. The van der Waals surface area contributed by atoms with E-state index in [1.165, 1.54) is 17.5 Å². The molecule has 3 rings (SSSR count). The smallest absolute Gasteiger partial charge is 0.328 e. The number of ether oxygens (including phenoxy) is 1. The number of hydrogen-bond acceptors (Lipinski definition) is 8. The molecule has 1 amide bonds. The molecule has 0 saturated carbocycles. The fraction of sp³-hybridized carbons (Fsp3) is 0.267. The second-order valence-corrected chi connectivity index (χ2v) is 5.03. The van der Waals surface area contributed by atoms with E-state index in [0.29, 0.717) is 17.3 Å². The minimum atomic E-state index is -0.789. The summed E-state index contributed by atoms with van der Waals surface area (Å²) >= 11 is 0. The van der Waals surface area contributed by atoms with E-state index >= 15 is 0 Å². The predicted molar refractivity (Wildman–Crippen MR) is 85.4 cm³/mol. The Morgan fingerprint density at radius 1 is 1.24 bits per heavy atom. The Hall–Kier alpha value is -3.43. The van der Waals surface area contributed by atoms with Crippen LogP contribution in [0.25, 0.3) is 17.3 Å². The number of aromatic nitrogens is 6. The van der Waals surface area contributed by atoms with E-state index in [4.69, 9.17) is 4.74 Å². The molecule has 0 aliphatic rings. The maximum atomic E-state index is 12.3. The highest BCUT2D eigenvalue weighted by molar-refractivity contribution is 5.95. The van der Waals surface area contributed by atoms with Crippen LogP contribution in [0.3, 0.4) is 0 Å². The molecule has 0 fully saturated rings. The summed E-state index contributed by atoms with van der Waals surface area (Å²) in [5.41, 5.74) is 0.540. The van der Waals surface area contributed by atoms with Crippen LogP contribution < -0.4 is 5.32 Å². The Kier molecular flexibility index (Phi) is 4.59. The van der Waals surface area contributed by atoms with Crippen molar-refractivity contribution in [3.63, 3.8) is 0 Å². The first kappa shape index (κ1) is 16.4. The minimum absolute atomic E-state index is 0.0978. The fourth-order valence-corrected chi connectivity index (χ4v) is 2.06. The summed E-state index contributed by atoms with van der Waals surface area (Å²) in [4.78, 5) is 32.1. The van der Waals surface area contributed by atoms with Crippen LogP contribution in [0.4, 0.5) is 0 Å². The number of rotatable bonds is 5. The van der Waals surface area contributed by atoms with Crippen LogP contribution in [-0.2, 0) is 9.53 Å². The van der Waals surface area contributed by atoms with Gasteiger partial charge in [0.1, 0.15) is 11.7 Å². The van der Waals surface area contributed by atoms with E-state index in [9.17, 15) is 9.59 Å². The van der Waals surface area contributed by atoms with Gasteiger partial charge in [0.25, 0.3) is 5.91 Å². The molecular weight excluding hydrogens is 326 g/mol. The standard InChI is InChI=1S/C15H15N7O3/c1-3-25-15(24)9(2)18-14(23)10-5-6-11-19-20-13(22(11)21-10)12-16-7-4-8-17-12/h4-9H,3H2,1-2H3,(H,18,23)/t9-/m1/s1. The van der Waals surface area contributed by atoms with Crippen molar-refractivity contribution in [3.05, 3.63) is 36.3 Å². The molecule has 10 nitrogen and oxygen atoms in total. The summed E-state index contributed by atoms with van der Waals surface area (Å²) in [7, 11) is 0. The molecule has 0 aliphatic carbocycles. The van der Waals surface area contributed by atoms with Gasteiger partial charge in [-0.3, -0.25) is 4.79 Å². The topological polar surface area (TPSA) is 124 Å². The molecule has 10 heteroatoms. The summed E-state index contributed by atoms with van der Waals surface area (Å²) in [6.45, 7) is 3.47. The zero-order valence-corrected chi connectivity index (χ0v) is 13.6. The van der Waals surface area contributed by atoms with Gasteiger partial charge in [0.2, 0.25) is 5.82 Å². The van der Waals surface area contributed by atoms with Crippen molar-refractivity contribution in [2.75, 3.05) is 6.61 Å². The van der Waals surface area contributed by atoms with E-state index in [-0.39, 0.29) is 12.3 Å². The molecule has 0 spiro atoms. The van der Waals surface area contributed by atoms with E-state index in [1.54, 1.807) is 31.5 Å². The molecule has 1 atom stereocenters. The average molecular weight is 341 g/mol. The molecule has 25 heavy (non-hydrogen) atoms. The lowest BCUT2D eigenvalue weighted by Crippen LogP contribution is -2.40. The molecule has 0 unspecified atom stereocenters. The van der Waals surface area contributed by atoms with Gasteiger partial charge in [-0.05, 0) is 32.0 Å². The first-order valence-electron chi connectivity index (χ1n) is 7.57. The average Bonchev–Trinajstić information content (AvgIpc) is 3.05. The van der Waals surface area contributed by atoms with Gasteiger partial charge < -0.3 is 10.1 Å². The molecular formula is C15H15N7O3. The van der Waals surface area contributed by atoms with Crippen molar-refractivity contribution in [2.45, 2.75) is 19.9 Å². The molecule has 128 valence electrons. The zero-order valence-electron chi connectivity index (χ0n) is 13.6. The molecule has 0 aliphatic heterocycles. The van der Waals surface area contributed by atoms with Crippen molar-refractivity contribution in [1.29, 1.82) is 0 Å². The Bertz CT molecular complexity index is 910. The van der Waals surface area contributed by atoms with Crippen molar-refractivity contribution >= 4 is 17.5 Å². The summed E-state index contributed by atoms with van der Waals surface area (Å²) < 4.78 is 6.23. The van der Waals surface area contributed by atoms with E-state index in [0.717, 1.165) is 0 Å². The second kappa shape index (κ2) is 6.99. The van der Waals surface area contributed by atoms with Gasteiger partial charge in [-0.25, -0.2) is 14.8 Å². The molecule has 3 aromatic rings. The molecule has 3 aromatic heterocycles. The van der Waals surface area contributed by atoms with Gasteiger partial charge in [0.05, 0.1) is 6.61 Å². The minimum Gasteiger partial charge on any atom is -0.464 e. The largest absolute Gasteiger partial charge is 0.464 e. The lowest BCUT2D eigenvalue weighted by atomic mass is 10.3. The highest BCUT2D eigenvalue weighted by Crippen LogP contribution is 2.12. The van der Waals surface area contributed by atoms with E-state index < -0.39 is 17.9 Å². The maximum Gasteiger partial charge on any atom is 0.328 e. The number of carbonyl (C=O) groups excluding carboxylic acids is 2. The van der Waals surface area contributed by atoms with Crippen LogP contribution in [0, 0.1) is 0 Å². The molecule has 0 aromatic carbocycles. The Labute approximate surface area is 142 Å². The van der Waals surface area contributed by atoms with Crippen LogP contribution >= 0.6 is 0 Å². The second-order valence-electron chi connectivity index (χ2n) is 5.03. The summed E-state index contributed by atoms with van der Waals surface area (Å²) in [5, 5.41) is 14.7. The molecule has 1 N–H and O–H groups in total. The van der Waals surface area contributed by atoms with Crippen LogP contribution in [-0.4, -0.2) is 54.3 Å². The molecule has 0 radical (unpaired) electrons. The van der Waals surface area contributed by atoms with Crippen LogP contribution in [0.15, 0.2) is 30.6 Å². The van der Waals surface area contributed by atoms with Gasteiger partial charge in [0, 0.05) is 12.4 Å². The van der Waals surface area contributed by atoms with Crippen LogP contribution in [0.1, 0.15) is 24.3 Å². The Balaban J connectivity index is 1.88. The lowest BCUT2D eigenvalue weighted by Gasteiger charge is -2.12. The quantitative estimate of drug-likeness (QED) is 0.655. The van der Waals surface area contributed by atoms with Gasteiger partial charge in [-0.15, -0.1) is 10.2 Å². The predicted octanol–water partition coefficient (Wildman–Crippen LogP) is 0.263. The van der Waals surface area contributed by atoms with Crippen molar-refractivity contribution in [3.8, 4) is 11.6 Å². The SMILES string of the molecule is CCOC(=O)[C@@H](C)NC(=O)c1ccc2nnc(-c3ncccn3)n2n1. The Morgan fingerprint density at radius 3 is 2.72 bits per heavy atom. The third kappa shape index (κ3) is 3.42. The highest BCUT2D eigenvalue weighted by Gasteiger charge is 2.20. The highest BCUT2D eigenvalue weighted by atomic mass is 16.5. The lowest BCUT2D eigenvalue weighted by molar-refractivity contribution is -0.144. The molecule has 0 bridgehead atoms. The summed E-state index contributed by atoms with van der Waals surface area (Å²) in [6.07, 6.45) is 3.14. The number of amides is 1. The summed E-state index contributed by atoms with van der Waals surface area (Å²) in [5.74, 6) is -0.390. The zero-order chi connectivity index (χ0) is 17.8. The molecule has 0 saturated heterocycles.